The Bertz CT molecular complexity index is 1460. The van der Waals surface area contributed by atoms with Gasteiger partial charge in [0.1, 0.15) is 5.56 Å². The molecule has 0 saturated heterocycles. The lowest BCUT2D eigenvalue weighted by Crippen LogP contribution is -2.50. The SMILES string of the molecule is CO/C(C(=O)C(OC)(OC)C(=O)/C=C/c1ccc(O)c(OC)c1)=C(/OC)c1c(OC)c(OC)c(O)c(OC(OC)(OC)OC)c1OC. The number of phenols is 2. The van der Waals surface area contributed by atoms with Crippen LogP contribution < -0.4 is 23.7 Å². The molecule has 0 bridgehead atoms. The Morgan fingerprint density at radius 2 is 1.23 bits per heavy atom. The van der Waals surface area contributed by atoms with Crippen LogP contribution in [0.2, 0.25) is 0 Å². The van der Waals surface area contributed by atoms with Crippen molar-refractivity contribution in [2.75, 3.05) is 78.2 Å². The second kappa shape index (κ2) is 16.7. The van der Waals surface area contributed by atoms with E-state index in [1.165, 1.54) is 81.2 Å². The fraction of sp³-hybridized carbons (Fsp3) is 0.419. The minimum atomic E-state index is -2.61. The van der Waals surface area contributed by atoms with Crippen LogP contribution in [0.1, 0.15) is 11.1 Å². The number of phenolic OH excluding ortho intramolecular Hbond substituents is 2. The number of hydrogen-bond acceptors (Lipinski definition) is 16. The molecule has 0 heterocycles. The maximum Gasteiger partial charge on any atom is 0.460 e. The first-order valence-corrected chi connectivity index (χ1v) is 13.4. The van der Waals surface area contributed by atoms with E-state index >= 15 is 0 Å². The molecule has 0 spiro atoms. The largest absolute Gasteiger partial charge is 0.504 e. The molecule has 0 saturated carbocycles. The highest BCUT2D eigenvalue weighted by Crippen LogP contribution is 2.56. The molecule has 2 rings (SSSR count). The molecule has 0 fully saturated rings. The van der Waals surface area contributed by atoms with Gasteiger partial charge < -0.3 is 52.8 Å². The number of ether oxygens (including phenoxy) is 12. The van der Waals surface area contributed by atoms with Crippen LogP contribution in [-0.4, -0.2) is 112 Å². The highest BCUT2D eigenvalue weighted by molar-refractivity contribution is 6.21. The highest BCUT2D eigenvalue weighted by Gasteiger charge is 2.50. The second-order valence-electron chi connectivity index (χ2n) is 8.92. The molecular weight excluding hydrogens is 628 g/mol. The number of carbonyl (C=O) groups excluding carboxylic acids is 2. The van der Waals surface area contributed by atoms with Gasteiger partial charge in [-0.2, -0.15) is 0 Å². The lowest BCUT2D eigenvalue weighted by molar-refractivity contribution is -0.448. The van der Waals surface area contributed by atoms with E-state index in [9.17, 15) is 19.8 Å². The molecule has 0 radical (unpaired) electrons. The van der Waals surface area contributed by atoms with Crippen LogP contribution in [0.3, 0.4) is 0 Å². The van der Waals surface area contributed by atoms with Crippen LogP contribution in [0.25, 0.3) is 11.8 Å². The average Bonchev–Trinajstić information content (AvgIpc) is 3.10. The van der Waals surface area contributed by atoms with Crippen LogP contribution in [0.15, 0.2) is 30.0 Å². The van der Waals surface area contributed by atoms with Crippen molar-refractivity contribution < 1.29 is 76.6 Å². The van der Waals surface area contributed by atoms with Crippen molar-refractivity contribution in [1.82, 2.24) is 0 Å². The minimum Gasteiger partial charge on any atom is -0.504 e. The second-order valence-corrected chi connectivity index (χ2v) is 8.92. The van der Waals surface area contributed by atoms with E-state index in [1.807, 2.05) is 0 Å². The van der Waals surface area contributed by atoms with E-state index in [0.717, 1.165) is 27.4 Å². The summed E-state index contributed by atoms with van der Waals surface area (Å²) in [5.41, 5.74) is 0.254. The number of benzene rings is 2. The molecule has 260 valence electrons. The van der Waals surface area contributed by atoms with Gasteiger partial charge in [0, 0.05) is 35.5 Å². The molecule has 0 atom stereocenters. The van der Waals surface area contributed by atoms with Gasteiger partial charge in [-0.3, -0.25) is 23.8 Å². The molecule has 2 aromatic carbocycles. The summed E-state index contributed by atoms with van der Waals surface area (Å²) in [7, 11) is 13.1. The Hall–Kier alpha value is -4.74. The highest BCUT2D eigenvalue weighted by atomic mass is 17.0. The Balaban J connectivity index is 2.93. The first kappa shape index (κ1) is 38.4. The monoisotopic (exact) mass is 668 g/mol. The summed E-state index contributed by atoms with van der Waals surface area (Å²) in [4.78, 5) is 27.8. The van der Waals surface area contributed by atoms with Gasteiger partial charge in [-0.1, -0.05) is 12.1 Å². The molecule has 2 aromatic rings. The van der Waals surface area contributed by atoms with Crippen molar-refractivity contribution in [2.24, 2.45) is 0 Å². The molecule has 0 aliphatic heterocycles. The number of rotatable bonds is 19. The molecule has 0 aromatic heterocycles. The van der Waals surface area contributed by atoms with Gasteiger partial charge in [0.15, 0.2) is 28.8 Å². The van der Waals surface area contributed by atoms with Crippen molar-refractivity contribution >= 4 is 23.4 Å². The first-order chi connectivity index (χ1) is 22.4. The maximum atomic E-state index is 14.2. The van der Waals surface area contributed by atoms with Gasteiger partial charge in [-0.15, -0.1) is 0 Å². The number of aromatic hydroxyl groups is 2. The number of carbonyl (C=O) groups is 2. The summed E-state index contributed by atoms with van der Waals surface area (Å²) in [6.45, 7) is 0. The summed E-state index contributed by atoms with van der Waals surface area (Å²) in [5, 5.41) is 21.1. The topological polar surface area (TPSA) is 185 Å². The van der Waals surface area contributed by atoms with Gasteiger partial charge in [-0.05, 0) is 23.8 Å². The van der Waals surface area contributed by atoms with Crippen molar-refractivity contribution in [3.05, 3.63) is 41.2 Å². The number of ketones is 2. The Morgan fingerprint density at radius 3 is 1.68 bits per heavy atom. The molecule has 0 aliphatic carbocycles. The maximum absolute atomic E-state index is 14.2. The van der Waals surface area contributed by atoms with Crippen molar-refractivity contribution in [2.45, 2.75) is 11.9 Å². The van der Waals surface area contributed by atoms with E-state index in [4.69, 9.17) is 56.8 Å². The van der Waals surface area contributed by atoms with E-state index in [1.54, 1.807) is 0 Å². The predicted octanol–water partition coefficient (Wildman–Crippen LogP) is 2.86. The molecule has 0 aliphatic rings. The molecule has 47 heavy (non-hydrogen) atoms. The van der Waals surface area contributed by atoms with Crippen LogP contribution in [-0.2, 0) is 42.7 Å². The lowest BCUT2D eigenvalue weighted by Gasteiger charge is -2.31. The molecule has 2 N–H and O–H groups in total. The summed E-state index contributed by atoms with van der Waals surface area (Å²) in [5.74, 6) is -7.61. The fourth-order valence-electron chi connectivity index (χ4n) is 4.44. The van der Waals surface area contributed by atoms with Crippen LogP contribution in [0, 0.1) is 0 Å². The zero-order valence-electron chi connectivity index (χ0n) is 28.0. The Kier molecular flexibility index (Phi) is 13.7. The third kappa shape index (κ3) is 7.31. The van der Waals surface area contributed by atoms with E-state index in [0.29, 0.717) is 5.56 Å². The molecule has 16 nitrogen and oxygen atoms in total. The van der Waals surface area contributed by atoms with E-state index in [2.05, 4.69) is 0 Å². The normalized spacial score (nSPS) is 12.3. The minimum absolute atomic E-state index is 0.112. The van der Waals surface area contributed by atoms with Crippen LogP contribution >= 0.6 is 0 Å². The van der Waals surface area contributed by atoms with Gasteiger partial charge >= 0.3 is 11.9 Å². The third-order valence-electron chi connectivity index (χ3n) is 6.76. The number of hydrogen-bond donors (Lipinski definition) is 2. The average molecular weight is 669 g/mol. The Morgan fingerprint density at radius 1 is 0.681 bits per heavy atom. The smallest absolute Gasteiger partial charge is 0.460 e. The number of methoxy groups -OCH3 is 11. The van der Waals surface area contributed by atoms with Crippen molar-refractivity contribution in [3.63, 3.8) is 0 Å². The van der Waals surface area contributed by atoms with Crippen LogP contribution in [0.5, 0.6) is 40.2 Å². The number of Topliss-reactive ketones (excluding diaryl/α,β-unsaturated/α-hetero) is 1. The standard InChI is InChI=1S/C31H40O16/c1-36-19-16-17(12-14-18(19)32)13-15-20(33)30(42-7,43-8)29(35)28(41-6)25(39-4)21-23(37-2)26(40-5)22(34)27(24(21)38-3)47-31(44-9,45-10)46-11/h12-16,32,34H,1-11H3/b15-13+,28-25+. The molecule has 0 amide bonds. The van der Waals surface area contributed by atoms with Crippen molar-refractivity contribution in [3.8, 4) is 40.2 Å². The van der Waals surface area contributed by atoms with E-state index in [-0.39, 0.29) is 34.3 Å². The predicted molar refractivity (Wildman–Crippen MR) is 164 cm³/mol. The van der Waals surface area contributed by atoms with Crippen LogP contribution in [0.4, 0.5) is 0 Å². The zero-order valence-corrected chi connectivity index (χ0v) is 28.0. The van der Waals surface area contributed by atoms with E-state index < -0.39 is 46.5 Å². The summed E-state index contributed by atoms with van der Waals surface area (Å²) < 4.78 is 64.9. The zero-order chi connectivity index (χ0) is 35.5. The molecular formula is C31H40O16. The first-order valence-electron chi connectivity index (χ1n) is 13.4. The van der Waals surface area contributed by atoms with Crippen molar-refractivity contribution in [1.29, 1.82) is 0 Å². The fourth-order valence-corrected chi connectivity index (χ4v) is 4.44. The van der Waals surface area contributed by atoms with Gasteiger partial charge in [0.25, 0.3) is 5.78 Å². The lowest BCUT2D eigenvalue weighted by atomic mass is 9.99. The summed E-state index contributed by atoms with van der Waals surface area (Å²) in [6.07, 6.45) is 0.193. The van der Waals surface area contributed by atoms with Gasteiger partial charge in [0.2, 0.25) is 28.8 Å². The molecule has 16 heteroatoms. The molecule has 0 unspecified atom stereocenters. The Labute approximate surface area is 271 Å². The van der Waals surface area contributed by atoms with Gasteiger partial charge in [0.05, 0.1) is 42.7 Å². The summed E-state index contributed by atoms with van der Waals surface area (Å²) >= 11 is 0. The summed E-state index contributed by atoms with van der Waals surface area (Å²) in [6, 6.07) is 4.34. The quantitative estimate of drug-likeness (QED) is 0.0962. The third-order valence-corrected chi connectivity index (χ3v) is 6.76. The van der Waals surface area contributed by atoms with Gasteiger partial charge in [-0.25, -0.2) is 0 Å².